The summed E-state index contributed by atoms with van der Waals surface area (Å²) in [5.41, 5.74) is 0. The van der Waals surface area contributed by atoms with Gasteiger partial charge in [0.05, 0.1) is 5.38 Å². The molecular formula is C8H13ClO. The Bertz CT molecular complexity index is 108. The summed E-state index contributed by atoms with van der Waals surface area (Å²) in [4.78, 5) is 10.3. The van der Waals surface area contributed by atoms with Crippen molar-refractivity contribution < 1.29 is 4.79 Å². The van der Waals surface area contributed by atoms with Gasteiger partial charge in [-0.3, -0.25) is 0 Å². The molecule has 0 radical (unpaired) electrons. The second-order valence-corrected chi connectivity index (χ2v) is 3.48. The van der Waals surface area contributed by atoms with Gasteiger partial charge in [-0.2, -0.15) is 0 Å². The van der Waals surface area contributed by atoms with Gasteiger partial charge in [0.2, 0.25) is 0 Å². The van der Waals surface area contributed by atoms with Crippen molar-refractivity contribution in [2.75, 3.05) is 0 Å². The van der Waals surface area contributed by atoms with Crippen molar-refractivity contribution in [2.45, 2.75) is 37.5 Å². The van der Waals surface area contributed by atoms with E-state index in [4.69, 9.17) is 11.6 Å². The van der Waals surface area contributed by atoms with Gasteiger partial charge in [-0.25, -0.2) is 0 Å². The first kappa shape index (κ1) is 8.06. The summed E-state index contributed by atoms with van der Waals surface area (Å²) in [7, 11) is 0. The average molecular weight is 161 g/mol. The second kappa shape index (κ2) is 3.97. The molecule has 58 valence electrons. The Balaban J connectivity index is 2.30. The Labute approximate surface area is 66.8 Å². The van der Waals surface area contributed by atoms with E-state index in [2.05, 4.69) is 0 Å². The van der Waals surface area contributed by atoms with Crippen molar-refractivity contribution in [1.82, 2.24) is 0 Å². The van der Waals surface area contributed by atoms with Crippen LogP contribution in [0.25, 0.3) is 0 Å². The van der Waals surface area contributed by atoms with Crippen LogP contribution in [0.1, 0.15) is 32.1 Å². The number of carbonyl (C=O) groups excluding carboxylic acids is 1. The molecule has 0 heterocycles. The number of aldehydes is 1. The fourth-order valence-corrected chi connectivity index (χ4v) is 1.82. The highest BCUT2D eigenvalue weighted by Gasteiger charge is 2.20. The third kappa shape index (κ3) is 1.98. The number of rotatable bonds is 2. The highest BCUT2D eigenvalue weighted by Crippen LogP contribution is 2.27. The Hall–Kier alpha value is -0.0400. The van der Waals surface area contributed by atoms with Crippen LogP contribution in [0.4, 0.5) is 0 Å². The molecule has 0 spiro atoms. The van der Waals surface area contributed by atoms with Gasteiger partial charge in [0.1, 0.15) is 6.29 Å². The first-order chi connectivity index (χ1) is 4.84. The van der Waals surface area contributed by atoms with E-state index in [1.54, 1.807) is 0 Å². The van der Waals surface area contributed by atoms with Gasteiger partial charge in [-0.15, -0.1) is 11.6 Å². The summed E-state index contributed by atoms with van der Waals surface area (Å²) >= 11 is 5.78. The van der Waals surface area contributed by atoms with Gasteiger partial charge in [0, 0.05) is 0 Å². The first-order valence-corrected chi connectivity index (χ1v) is 4.37. The molecule has 0 aromatic rings. The molecule has 0 saturated heterocycles. The number of hydrogen-bond acceptors (Lipinski definition) is 1. The lowest BCUT2D eigenvalue weighted by Crippen LogP contribution is -2.18. The predicted molar refractivity (Wildman–Crippen MR) is 42.3 cm³/mol. The van der Waals surface area contributed by atoms with Crippen LogP contribution in [0.3, 0.4) is 0 Å². The van der Waals surface area contributed by atoms with E-state index >= 15 is 0 Å². The summed E-state index contributed by atoms with van der Waals surface area (Å²) in [6.45, 7) is 0. The van der Waals surface area contributed by atoms with Crippen LogP contribution >= 0.6 is 11.6 Å². The van der Waals surface area contributed by atoms with Crippen LogP contribution in [0.15, 0.2) is 0 Å². The topological polar surface area (TPSA) is 17.1 Å². The first-order valence-electron chi connectivity index (χ1n) is 3.94. The highest BCUT2D eigenvalue weighted by atomic mass is 35.5. The highest BCUT2D eigenvalue weighted by molar-refractivity contribution is 6.27. The minimum absolute atomic E-state index is 0.222. The number of hydrogen-bond donors (Lipinski definition) is 0. The van der Waals surface area contributed by atoms with Gasteiger partial charge >= 0.3 is 0 Å². The van der Waals surface area contributed by atoms with Crippen molar-refractivity contribution in [3.05, 3.63) is 0 Å². The van der Waals surface area contributed by atoms with Crippen LogP contribution in [0, 0.1) is 5.92 Å². The zero-order valence-electron chi connectivity index (χ0n) is 6.05. The van der Waals surface area contributed by atoms with Gasteiger partial charge in [0.25, 0.3) is 0 Å². The standard InChI is InChI=1S/C8H13ClO/c9-8(6-10)7-4-2-1-3-5-7/h6-8H,1-5H2/t8-/m1/s1. The third-order valence-corrected chi connectivity index (χ3v) is 2.69. The van der Waals surface area contributed by atoms with Gasteiger partial charge in [-0.05, 0) is 18.8 Å². The van der Waals surface area contributed by atoms with Crippen molar-refractivity contribution in [3.8, 4) is 0 Å². The van der Waals surface area contributed by atoms with Crippen LogP contribution in [-0.2, 0) is 4.79 Å². The largest absolute Gasteiger partial charge is 0.302 e. The molecule has 1 aliphatic rings. The number of halogens is 1. The minimum Gasteiger partial charge on any atom is -0.302 e. The molecular weight excluding hydrogens is 148 g/mol. The molecule has 0 unspecified atom stereocenters. The summed E-state index contributed by atoms with van der Waals surface area (Å²) in [6.07, 6.45) is 6.99. The minimum atomic E-state index is -0.222. The maximum absolute atomic E-state index is 10.3. The molecule has 0 aromatic carbocycles. The Morgan fingerprint density at radius 3 is 2.40 bits per heavy atom. The van der Waals surface area contributed by atoms with Crippen molar-refractivity contribution in [1.29, 1.82) is 0 Å². The van der Waals surface area contributed by atoms with Crippen LogP contribution in [-0.4, -0.2) is 11.7 Å². The molecule has 0 aromatic heterocycles. The van der Waals surface area contributed by atoms with Crippen molar-refractivity contribution >= 4 is 17.9 Å². The Morgan fingerprint density at radius 2 is 1.90 bits per heavy atom. The van der Waals surface area contributed by atoms with Crippen LogP contribution in [0.5, 0.6) is 0 Å². The molecule has 2 heteroatoms. The summed E-state index contributed by atoms with van der Waals surface area (Å²) in [6, 6.07) is 0. The summed E-state index contributed by atoms with van der Waals surface area (Å²) in [5.74, 6) is 0.466. The Kier molecular flexibility index (Phi) is 3.20. The second-order valence-electron chi connectivity index (χ2n) is 2.98. The maximum atomic E-state index is 10.3. The fourth-order valence-electron chi connectivity index (χ4n) is 1.56. The molecule has 1 nitrogen and oxygen atoms in total. The van der Waals surface area contributed by atoms with Gasteiger partial charge in [0.15, 0.2) is 0 Å². The molecule has 1 fully saturated rings. The van der Waals surface area contributed by atoms with E-state index in [0.29, 0.717) is 5.92 Å². The van der Waals surface area contributed by atoms with E-state index in [1.165, 1.54) is 19.3 Å². The molecule has 1 aliphatic carbocycles. The number of carbonyl (C=O) groups is 1. The van der Waals surface area contributed by atoms with E-state index < -0.39 is 0 Å². The van der Waals surface area contributed by atoms with E-state index in [-0.39, 0.29) is 5.38 Å². The molecule has 1 atom stereocenters. The molecule has 10 heavy (non-hydrogen) atoms. The predicted octanol–water partition coefficient (Wildman–Crippen LogP) is 2.37. The average Bonchev–Trinajstić information content (AvgIpc) is 2.05. The molecule has 0 aliphatic heterocycles. The molecule has 0 N–H and O–H groups in total. The molecule has 0 bridgehead atoms. The van der Waals surface area contributed by atoms with E-state index in [1.807, 2.05) is 0 Å². The molecule has 1 saturated carbocycles. The zero-order valence-corrected chi connectivity index (χ0v) is 6.81. The maximum Gasteiger partial charge on any atom is 0.138 e. The summed E-state index contributed by atoms with van der Waals surface area (Å²) in [5, 5.41) is -0.222. The lowest BCUT2D eigenvalue weighted by molar-refractivity contribution is -0.108. The number of alkyl halides is 1. The van der Waals surface area contributed by atoms with E-state index in [0.717, 1.165) is 19.1 Å². The third-order valence-electron chi connectivity index (χ3n) is 2.23. The van der Waals surface area contributed by atoms with Gasteiger partial charge in [-0.1, -0.05) is 19.3 Å². The molecule has 1 rings (SSSR count). The normalized spacial score (nSPS) is 24.1. The fraction of sp³-hybridized carbons (Fsp3) is 0.875. The van der Waals surface area contributed by atoms with Gasteiger partial charge < -0.3 is 4.79 Å². The quantitative estimate of drug-likeness (QED) is 0.448. The Morgan fingerprint density at radius 1 is 1.30 bits per heavy atom. The van der Waals surface area contributed by atoms with E-state index in [9.17, 15) is 4.79 Å². The lowest BCUT2D eigenvalue weighted by Gasteiger charge is -2.22. The zero-order chi connectivity index (χ0) is 7.40. The monoisotopic (exact) mass is 160 g/mol. The SMILES string of the molecule is O=C[C@@H](Cl)C1CCCCC1. The van der Waals surface area contributed by atoms with Crippen molar-refractivity contribution in [3.63, 3.8) is 0 Å². The smallest absolute Gasteiger partial charge is 0.138 e. The van der Waals surface area contributed by atoms with Crippen molar-refractivity contribution in [2.24, 2.45) is 5.92 Å². The summed E-state index contributed by atoms with van der Waals surface area (Å²) < 4.78 is 0. The van der Waals surface area contributed by atoms with Crippen LogP contribution in [0.2, 0.25) is 0 Å². The molecule has 0 amide bonds. The van der Waals surface area contributed by atoms with Crippen LogP contribution < -0.4 is 0 Å². The lowest BCUT2D eigenvalue weighted by atomic mass is 9.87.